The summed E-state index contributed by atoms with van der Waals surface area (Å²) in [4.78, 5) is 15.7. The van der Waals surface area contributed by atoms with E-state index in [-0.39, 0.29) is 17.3 Å². The Labute approximate surface area is 194 Å². The predicted molar refractivity (Wildman–Crippen MR) is 126 cm³/mol. The number of thioether (sulfide) groups is 1. The van der Waals surface area contributed by atoms with Gasteiger partial charge in [-0.15, -0.1) is 11.8 Å². The number of carbonyl (C=O) groups is 1. The van der Waals surface area contributed by atoms with Crippen LogP contribution in [-0.4, -0.2) is 59.3 Å². The molecule has 0 aliphatic carbocycles. The molecule has 0 saturated carbocycles. The summed E-state index contributed by atoms with van der Waals surface area (Å²) in [7, 11) is -0.628. The molecule has 0 unspecified atom stereocenters. The Kier molecular flexibility index (Phi) is 8.44. The summed E-state index contributed by atoms with van der Waals surface area (Å²) in [5.74, 6) is 1.12. The van der Waals surface area contributed by atoms with Crippen LogP contribution in [0.15, 0.2) is 46.2 Å². The number of amides is 1. The van der Waals surface area contributed by atoms with Gasteiger partial charge in [-0.3, -0.25) is 4.79 Å². The van der Waals surface area contributed by atoms with Crippen LogP contribution in [0, 0.1) is 0 Å². The molecule has 1 aliphatic heterocycles. The maximum absolute atomic E-state index is 13.0. The lowest BCUT2D eigenvalue weighted by Crippen LogP contribution is -2.36. The van der Waals surface area contributed by atoms with Gasteiger partial charge < -0.3 is 14.4 Å². The van der Waals surface area contributed by atoms with Crippen molar-refractivity contribution >= 4 is 27.7 Å². The van der Waals surface area contributed by atoms with Crippen molar-refractivity contribution in [3.63, 3.8) is 0 Å². The lowest BCUT2D eigenvalue weighted by molar-refractivity contribution is 0.0720. The number of methoxy groups -OCH3 is 2. The molecule has 9 heteroatoms. The number of carbonyl (C=O) groups excluding carboxylic acids is 1. The van der Waals surface area contributed by atoms with E-state index in [9.17, 15) is 13.2 Å². The largest absolute Gasteiger partial charge is 0.493 e. The second-order valence-corrected chi connectivity index (χ2v) is 10.2. The molecule has 1 amide bonds. The number of hydrogen-bond donors (Lipinski definition) is 1. The van der Waals surface area contributed by atoms with E-state index >= 15 is 0 Å². The van der Waals surface area contributed by atoms with E-state index in [1.807, 2.05) is 23.3 Å². The first-order valence-electron chi connectivity index (χ1n) is 10.6. The number of nitrogens with zero attached hydrogens (tertiary/aromatic N) is 1. The van der Waals surface area contributed by atoms with Gasteiger partial charge in [-0.05, 0) is 67.8 Å². The van der Waals surface area contributed by atoms with Crippen LogP contribution in [0.1, 0.15) is 35.2 Å². The average Bonchev–Trinajstić information content (AvgIpc) is 2.83. The highest BCUT2D eigenvalue weighted by Crippen LogP contribution is 2.28. The molecule has 2 aromatic carbocycles. The Hall–Kier alpha value is -2.23. The summed E-state index contributed by atoms with van der Waals surface area (Å²) in [6.45, 7) is 1.65. The number of benzene rings is 2. The summed E-state index contributed by atoms with van der Waals surface area (Å²) in [5, 5.41) is 0. The minimum Gasteiger partial charge on any atom is -0.493 e. The molecule has 1 fully saturated rings. The third-order valence-corrected chi connectivity index (χ3v) is 7.76. The topological polar surface area (TPSA) is 84.9 Å². The molecule has 1 N–H and O–H groups in total. The molecular weight excluding hydrogens is 448 g/mol. The number of piperidine rings is 1. The van der Waals surface area contributed by atoms with E-state index in [4.69, 9.17) is 9.47 Å². The molecular formula is C23H30N2O5S2. The van der Waals surface area contributed by atoms with Gasteiger partial charge >= 0.3 is 0 Å². The van der Waals surface area contributed by atoms with E-state index in [0.717, 1.165) is 29.7 Å². The van der Waals surface area contributed by atoms with Crippen LogP contribution in [0.3, 0.4) is 0 Å². The summed E-state index contributed by atoms with van der Waals surface area (Å²) < 4.78 is 39.0. The Morgan fingerprint density at radius 3 is 2.41 bits per heavy atom. The second kappa shape index (κ2) is 11.1. The molecule has 1 saturated heterocycles. The maximum Gasteiger partial charge on any atom is 0.255 e. The second-order valence-electron chi connectivity index (χ2n) is 7.55. The smallest absolute Gasteiger partial charge is 0.255 e. The van der Waals surface area contributed by atoms with Crippen molar-refractivity contribution in [1.29, 1.82) is 0 Å². The minimum atomic E-state index is -3.76. The molecule has 3 rings (SSSR count). The molecule has 7 nitrogen and oxygen atoms in total. The SMILES string of the molecule is COc1ccc(CCNS(=O)(=O)c2ccc(SC)c(C(=O)N3CCCCC3)c2)cc1OC. The van der Waals surface area contributed by atoms with Gasteiger partial charge in [-0.2, -0.15) is 0 Å². The first kappa shape index (κ1) is 24.4. The number of nitrogens with one attached hydrogen (secondary N) is 1. The minimum absolute atomic E-state index is 0.1000. The number of ether oxygens (including phenoxy) is 2. The van der Waals surface area contributed by atoms with Crippen molar-refractivity contribution in [2.24, 2.45) is 0 Å². The monoisotopic (exact) mass is 478 g/mol. The molecule has 0 aromatic heterocycles. The molecule has 0 spiro atoms. The van der Waals surface area contributed by atoms with Gasteiger partial charge in [0.05, 0.1) is 24.7 Å². The average molecular weight is 479 g/mol. The fraction of sp³-hybridized carbons (Fsp3) is 0.435. The number of rotatable bonds is 9. The normalized spacial score (nSPS) is 14.3. The zero-order valence-corrected chi connectivity index (χ0v) is 20.4. The van der Waals surface area contributed by atoms with Gasteiger partial charge in [0.2, 0.25) is 10.0 Å². The highest BCUT2D eigenvalue weighted by molar-refractivity contribution is 7.98. The molecule has 2 aromatic rings. The highest BCUT2D eigenvalue weighted by Gasteiger charge is 2.23. The summed E-state index contributed by atoms with van der Waals surface area (Å²) >= 11 is 1.44. The van der Waals surface area contributed by atoms with E-state index in [1.165, 1.54) is 17.8 Å². The van der Waals surface area contributed by atoms with Gasteiger partial charge in [0.1, 0.15) is 0 Å². The third kappa shape index (κ3) is 5.76. The Balaban J connectivity index is 1.73. The lowest BCUT2D eigenvalue weighted by atomic mass is 10.1. The maximum atomic E-state index is 13.0. The zero-order valence-electron chi connectivity index (χ0n) is 18.7. The number of sulfonamides is 1. The van der Waals surface area contributed by atoms with Crippen molar-refractivity contribution < 1.29 is 22.7 Å². The third-order valence-electron chi connectivity index (χ3n) is 5.51. The van der Waals surface area contributed by atoms with E-state index < -0.39 is 10.0 Å². The number of likely N-dealkylation sites (tertiary alicyclic amines) is 1. The molecule has 0 bridgehead atoms. The molecule has 32 heavy (non-hydrogen) atoms. The fourth-order valence-electron chi connectivity index (χ4n) is 3.74. The molecule has 0 atom stereocenters. The quantitative estimate of drug-likeness (QED) is 0.555. The van der Waals surface area contributed by atoms with E-state index in [0.29, 0.717) is 36.6 Å². The van der Waals surface area contributed by atoms with Gasteiger partial charge in [0, 0.05) is 24.5 Å². The standard InChI is InChI=1S/C23H30N2O5S2/c1-29-20-9-7-17(15-21(20)30-2)11-12-24-32(27,28)18-8-10-22(31-3)19(16-18)23(26)25-13-5-4-6-14-25/h7-10,15-16,24H,4-6,11-14H2,1-3H3. The molecule has 1 heterocycles. The zero-order chi connectivity index (χ0) is 23.1. The highest BCUT2D eigenvalue weighted by atomic mass is 32.2. The van der Waals surface area contributed by atoms with Crippen molar-refractivity contribution in [3.8, 4) is 11.5 Å². The number of hydrogen-bond acceptors (Lipinski definition) is 6. The molecule has 0 radical (unpaired) electrons. The lowest BCUT2D eigenvalue weighted by Gasteiger charge is -2.27. The van der Waals surface area contributed by atoms with Crippen LogP contribution in [0.25, 0.3) is 0 Å². The van der Waals surface area contributed by atoms with Crippen LogP contribution in [-0.2, 0) is 16.4 Å². The summed E-state index contributed by atoms with van der Waals surface area (Å²) in [6.07, 6.45) is 5.46. The van der Waals surface area contributed by atoms with Crippen molar-refractivity contribution in [3.05, 3.63) is 47.5 Å². The van der Waals surface area contributed by atoms with E-state index in [2.05, 4.69) is 4.72 Å². The Morgan fingerprint density at radius 1 is 1.03 bits per heavy atom. The molecule has 1 aliphatic rings. The first-order chi connectivity index (χ1) is 15.4. The van der Waals surface area contributed by atoms with Gasteiger partial charge in [0.15, 0.2) is 11.5 Å². The summed E-state index contributed by atoms with van der Waals surface area (Å²) in [5.41, 5.74) is 1.37. The van der Waals surface area contributed by atoms with Crippen LogP contribution in [0.5, 0.6) is 11.5 Å². The Morgan fingerprint density at radius 2 is 1.75 bits per heavy atom. The van der Waals surface area contributed by atoms with Crippen molar-refractivity contribution in [2.75, 3.05) is 40.1 Å². The molecule has 174 valence electrons. The predicted octanol–water partition coefficient (Wildman–Crippen LogP) is 3.57. The van der Waals surface area contributed by atoms with E-state index in [1.54, 1.807) is 32.4 Å². The van der Waals surface area contributed by atoms with Crippen LogP contribution >= 0.6 is 11.8 Å². The first-order valence-corrected chi connectivity index (χ1v) is 13.3. The van der Waals surface area contributed by atoms with Crippen LogP contribution in [0.2, 0.25) is 0 Å². The van der Waals surface area contributed by atoms with Gasteiger partial charge in [-0.25, -0.2) is 13.1 Å². The van der Waals surface area contributed by atoms with Crippen molar-refractivity contribution in [2.45, 2.75) is 35.5 Å². The van der Waals surface area contributed by atoms with Gasteiger partial charge in [-0.1, -0.05) is 6.07 Å². The Bertz CT molecular complexity index is 1050. The van der Waals surface area contributed by atoms with Crippen molar-refractivity contribution in [1.82, 2.24) is 9.62 Å². The van der Waals surface area contributed by atoms with Crippen LogP contribution < -0.4 is 14.2 Å². The fourth-order valence-corrected chi connectivity index (χ4v) is 5.37. The summed E-state index contributed by atoms with van der Waals surface area (Å²) in [6, 6.07) is 10.3. The van der Waals surface area contributed by atoms with Crippen LogP contribution in [0.4, 0.5) is 0 Å². The van der Waals surface area contributed by atoms with Gasteiger partial charge in [0.25, 0.3) is 5.91 Å².